The molecule has 0 aromatic heterocycles. The Kier molecular flexibility index (Phi) is 5.55. The van der Waals surface area contributed by atoms with E-state index < -0.39 is 12.6 Å². The highest BCUT2D eigenvalue weighted by atomic mass is 19.4. The summed E-state index contributed by atoms with van der Waals surface area (Å²) in [5.41, 5.74) is 0. The molecule has 5 heteroatoms. The molecule has 0 aromatic carbocycles. The zero-order valence-corrected chi connectivity index (χ0v) is 9.30. The summed E-state index contributed by atoms with van der Waals surface area (Å²) < 4.78 is 40.4. The molecule has 16 heavy (non-hydrogen) atoms. The summed E-state index contributed by atoms with van der Waals surface area (Å²) in [6.07, 6.45) is -1.42. The van der Waals surface area contributed by atoms with E-state index in [1.807, 2.05) is 0 Å². The summed E-state index contributed by atoms with van der Waals surface area (Å²) >= 11 is 0. The lowest BCUT2D eigenvalue weighted by molar-refractivity contribution is -0.137. The van der Waals surface area contributed by atoms with Crippen molar-refractivity contribution in [3.63, 3.8) is 0 Å². The van der Waals surface area contributed by atoms with Crippen LogP contribution in [0.3, 0.4) is 0 Å². The maximum Gasteiger partial charge on any atom is 0.389 e. The number of ether oxygens (including phenoxy) is 1. The van der Waals surface area contributed by atoms with Crippen LogP contribution in [0, 0.1) is 5.92 Å². The molecule has 96 valence electrons. The number of rotatable bonds is 6. The molecule has 0 aromatic rings. The Morgan fingerprint density at radius 2 is 1.94 bits per heavy atom. The summed E-state index contributed by atoms with van der Waals surface area (Å²) in [4.78, 5) is 0. The Labute approximate surface area is 93.8 Å². The van der Waals surface area contributed by atoms with Crippen LogP contribution < -0.4 is 0 Å². The van der Waals surface area contributed by atoms with Crippen molar-refractivity contribution in [3.05, 3.63) is 0 Å². The average Bonchev–Trinajstić information content (AvgIpc) is 2.56. The molecule has 2 nitrogen and oxygen atoms in total. The van der Waals surface area contributed by atoms with Crippen molar-refractivity contribution in [1.29, 1.82) is 0 Å². The number of alkyl halides is 3. The Morgan fingerprint density at radius 1 is 1.19 bits per heavy atom. The Balaban J connectivity index is 1.92. The number of aliphatic hydroxyl groups is 1. The third-order valence-electron chi connectivity index (χ3n) is 3.00. The molecular formula is C11H19F3O2. The van der Waals surface area contributed by atoms with Crippen molar-refractivity contribution in [2.24, 2.45) is 5.92 Å². The van der Waals surface area contributed by atoms with Crippen molar-refractivity contribution in [3.8, 4) is 0 Å². The zero-order chi connectivity index (χ0) is 12.0. The third-order valence-corrected chi connectivity index (χ3v) is 3.00. The summed E-state index contributed by atoms with van der Waals surface area (Å²) in [5, 5.41) is 9.49. The predicted octanol–water partition coefficient (Wildman–Crippen LogP) is 2.90. The largest absolute Gasteiger partial charge is 0.393 e. The zero-order valence-electron chi connectivity index (χ0n) is 9.30. The molecule has 0 bridgehead atoms. The molecule has 1 saturated carbocycles. The molecule has 1 fully saturated rings. The summed E-state index contributed by atoms with van der Waals surface area (Å²) in [6, 6.07) is 0. The minimum absolute atomic E-state index is 0.0245. The first kappa shape index (κ1) is 13.8. The van der Waals surface area contributed by atoms with E-state index in [1.165, 1.54) is 0 Å². The van der Waals surface area contributed by atoms with Crippen molar-refractivity contribution in [2.75, 3.05) is 13.2 Å². The van der Waals surface area contributed by atoms with E-state index in [1.54, 1.807) is 0 Å². The van der Waals surface area contributed by atoms with Crippen LogP contribution in [0.4, 0.5) is 13.2 Å². The minimum Gasteiger partial charge on any atom is -0.393 e. The summed E-state index contributed by atoms with van der Waals surface area (Å²) in [5.74, 6) is 0.280. The van der Waals surface area contributed by atoms with E-state index in [9.17, 15) is 18.3 Å². The molecular weight excluding hydrogens is 221 g/mol. The molecule has 0 heterocycles. The number of hydrogen-bond donors (Lipinski definition) is 1. The van der Waals surface area contributed by atoms with Crippen LogP contribution in [0.25, 0.3) is 0 Å². The fourth-order valence-corrected chi connectivity index (χ4v) is 2.07. The van der Waals surface area contributed by atoms with Crippen LogP contribution in [0.5, 0.6) is 0 Å². The molecule has 1 aliphatic carbocycles. The fraction of sp³-hybridized carbons (Fsp3) is 1.00. The standard InChI is InChI=1S/C11H19F3O2/c12-11(13,14)6-2-7-16-8-5-9-3-1-4-10(9)15/h9-10,15H,1-8H2. The Morgan fingerprint density at radius 3 is 2.50 bits per heavy atom. The topological polar surface area (TPSA) is 29.5 Å². The van der Waals surface area contributed by atoms with Gasteiger partial charge >= 0.3 is 6.18 Å². The van der Waals surface area contributed by atoms with Gasteiger partial charge in [-0.2, -0.15) is 13.2 Å². The number of halogens is 3. The van der Waals surface area contributed by atoms with Gasteiger partial charge in [0.2, 0.25) is 0 Å². The van der Waals surface area contributed by atoms with Gasteiger partial charge < -0.3 is 9.84 Å². The highest BCUT2D eigenvalue weighted by Crippen LogP contribution is 2.28. The van der Waals surface area contributed by atoms with Gasteiger partial charge in [0.15, 0.2) is 0 Å². The van der Waals surface area contributed by atoms with Crippen LogP contribution in [-0.4, -0.2) is 30.6 Å². The molecule has 1 N–H and O–H groups in total. The Bertz CT molecular complexity index is 194. The normalized spacial score (nSPS) is 26.2. The second kappa shape index (κ2) is 6.45. The number of aliphatic hydroxyl groups excluding tert-OH is 1. The third kappa shape index (κ3) is 5.70. The molecule has 0 saturated heterocycles. The van der Waals surface area contributed by atoms with Gasteiger partial charge in [0.1, 0.15) is 0 Å². The molecule has 1 rings (SSSR count). The lowest BCUT2D eigenvalue weighted by Crippen LogP contribution is -2.15. The van der Waals surface area contributed by atoms with Crippen molar-refractivity contribution in [1.82, 2.24) is 0 Å². The first-order valence-corrected chi connectivity index (χ1v) is 5.81. The lowest BCUT2D eigenvalue weighted by Gasteiger charge is -2.14. The first-order valence-electron chi connectivity index (χ1n) is 5.81. The van der Waals surface area contributed by atoms with Gasteiger partial charge in [-0.25, -0.2) is 0 Å². The van der Waals surface area contributed by atoms with Gasteiger partial charge in [-0.15, -0.1) is 0 Å². The van der Waals surface area contributed by atoms with Crippen LogP contribution in [0.15, 0.2) is 0 Å². The molecule has 0 radical (unpaired) electrons. The average molecular weight is 240 g/mol. The highest BCUT2D eigenvalue weighted by Gasteiger charge is 2.26. The van der Waals surface area contributed by atoms with Gasteiger partial charge in [0.25, 0.3) is 0 Å². The molecule has 1 aliphatic rings. The van der Waals surface area contributed by atoms with Crippen molar-refractivity contribution < 1.29 is 23.0 Å². The van der Waals surface area contributed by atoms with Crippen LogP contribution in [0.2, 0.25) is 0 Å². The maximum absolute atomic E-state index is 11.8. The minimum atomic E-state index is -4.08. The van der Waals surface area contributed by atoms with Crippen LogP contribution in [-0.2, 0) is 4.74 Å². The van der Waals surface area contributed by atoms with E-state index in [0.29, 0.717) is 6.61 Å². The van der Waals surface area contributed by atoms with E-state index >= 15 is 0 Å². The quantitative estimate of drug-likeness (QED) is 0.723. The summed E-state index contributed by atoms with van der Waals surface area (Å²) in [7, 11) is 0. The maximum atomic E-state index is 11.8. The second-order valence-electron chi connectivity index (χ2n) is 4.38. The number of hydrogen-bond acceptors (Lipinski definition) is 2. The van der Waals surface area contributed by atoms with Gasteiger partial charge in [-0.1, -0.05) is 6.42 Å². The fourth-order valence-electron chi connectivity index (χ4n) is 2.07. The van der Waals surface area contributed by atoms with Crippen molar-refractivity contribution >= 4 is 0 Å². The van der Waals surface area contributed by atoms with Crippen LogP contribution in [0.1, 0.15) is 38.5 Å². The Hall–Kier alpha value is -0.290. The highest BCUT2D eigenvalue weighted by molar-refractivity contribution is 4.76. The predicted molar refractivity (Wildman–Crippen MR) is 54.1 cm³/mol. The second-order valence-corrected chi connectivity index (χ2v) is 4.38. The molecule has 0 amide bonds. The van der Waals surface area contributed by atoms with E-state index in [0.717, 1.165) is 25.7 Å². The summed E-state index contributed by atoms with van der Waals surface area (Å²) in [6.45, 7) is 0.613. The van der Waals surface area contributed by atoms with Gasteiger partial charge in [-0.3, -0.25) is 0 Å². The van der Waals surface area contributed by atoms with E-state index in [-0.39, 0.29) is 25.0 Å². The lowest BCUT2D eigenvalue weighted by atomic mass is 10.0. The van der Waals surface area contributed by atoms with Crippen molar-refractivity contribution in [2.45, 2.75) is 50.8 Å². The smallest absolute Gasteiger partial charge is 0.389 e. The van der Waals surface area contributed by atoms with Gasteiger partial charge in [0.05, 0.1) is 6.10 Å². The molecule has 2 atom stereocenters. The molecule has 2 unspecified atom stereocenters. The van der Waals surface area contributed by atoms with Gasteiger partial charge in [-0.05, 0) is 31.6 Å². The molecule has 0 aliphatic heterocycles. The molecule has 0 spiro atoms. The van der Waals surface area contributed by atoms with Crippen LogP contribution >= 0.6 is 0 Å². The monoisotopic (exact) mass is 240 g/mol. The SMILES string of the molecule is OC1CCCC1CCOCCCC(F)(F)F. The van der Waals surface area contributed by atoms with Gasteiger partial charge in [0, 0.05) is 19.6 Å². The van der Waals surface area contributed by atoms with E-state index in [4.69, 9.17) is 4.74 Å². The first-order chi connectivity index (χ1) is 7.49. The van der Waals surface area contributed by atoms with E-state index in [2.05, 4.69) is 0 Å².